The number of rotatable bonds is 2. The molecule has 2 rings (SSSR count). The van der Waals surface area contributed by atoms with Gasteiger partial charge in [0.05, 0.1) is 12.8 Å². The lowest BCUT2D eigenvalue weighted by Gasteiger charge is -2.09. The lowest BCUT2D eigenvalue weighted by molar-refractivity contribution is 0.416. The lowest BCUT2D eigenvalue weighted by Crippen LogP contribution is -1.90. The number of methoxy groups -OCH3 is 1. The zero-order valence-electron chi connectivity index (χ0n) is 8.93. The summed E-state index contributed by atoms with van der Waals surface area (Å²) in [7, 11) is 1.63. The van der Waals surface area contributed by atoms with Crippen LogP contribution in [-0.2, 0) is 0 Å². The fraction of sp³-hybridized carbons (Fsp3) is 0.182. The Morgan fingerprint density at radius 2 is 2.12 bits per heavy atom. The van der Waals surface area contributed by atoms with Crippen LogP contribution in [0.5, 0.6) is 5.75 Å². The third-order valence-corrected chi connectivity index (χ3v) is 2.99. The van der Waals surface area contributed by atoms with Gasteiger partial charge in [0.2, 0.25) is 0 Å². The highest BCUT2D eigenvalue weighted by atomic mass is 35.5. The van der Waals surface area contributed by atoms with Crippen LogP contribution in [0.2, 0.25) is 5.02 Å². The average molecular weight is 255 g/mol. The number of benzene rings is 1. The van der Waals surface area contributed by atoms with E-state index in [0.717, 1.165) is 22.6 Å². The van der Waals surface area contributed by atoms with Crippen LogP contribution in [0.3, 0.4) is 0 Å². The van der Waals surface area contributed by atoms with Gasteiger partial charge < -0.3 is 14.7 Å². The van der Waals surface area contributed by atoms with Gasteiger partial charge in [-0.1, -0.05) is 11.6 Å². The average Bonchev–Trinajstić information content (AvgIpc) is 2.68. The van der Waals surface area contributed by atoms with E-state index in [1.807, 2.05) is 19.1 Å². The van der Waals surface area contributed by atoms with E-state index in [-0.39, 0.29) is 0 Å². The van der Waals surface area contributed by atoms with Gasteiger partial charge in [0.25, 0.3) is 0 Å². The molecular formula is C11H11ClN2OS. The van der Waals surface area contributed by atoms with Crippen LogP contribution < -0.4 is 4.74 Å². The topological polar surface area (TPSA) is 40.8 Å². The second-order valence-corrected chi connectivity index (χ2v) is 4.27. The van der Waals surface area contributed by atoms with Crippen molar-refractivity contribution < 1.29 is 4.74 Å². The zero-order valence-corrected chi connectivity index (χ0v) is 10.5. The maximum Gasteiger partial charge on any atom is 0.174 e. The normalized spacial score (nSPS) is 10.4. The van der Waals surface area contributed by atoms with Crippen molar-refractivity contribution in [1.29, 1.82) is 0 Å². The molecule has 1 heterocycles. The summed E-state index contributed by atoms with van der Waals surface area (Å²) in [6.45, 7) is 1.94. The summed E-state index contributed by atoms with van der Waals surface area (Å²) in [5, 5.41) is 0.705. The van der Waals surface area contributed by atoms with Gasteiger partial charge >= 0.3 is 0 Å². The predicted molar refractivity (Wildman–Crippen MR) is 67.7 cm³/mol. The Morgan fingerprint density at radius 1 is 1.38 bits per heavy atom. The Bertz CT molecular complexity index is 574. The molecule has 2 aromatic rings. The van der Waals surface area contributed by atoms with Crippen LogP contribution in [-0.4, -0.2) is 17.1 Å². The number of aromatic nitrogens is 2. The van der Waals surface area contributed by atoms with E-state index in [4.69, 9.17) is 28.6 Å². The third-order valence-electron chi connectivity index (χ3n) is 2.37. The Balaban J connectivity index is 2.63. The molecule has 2 N–H and O–H groups in total. The van der Waals surface area contributed by atoms with Gasteiger partial charge in [-0.3, -0.25) is 0 Å². The number of halogens is 1. The largest absolute Gasteiger partial charge is 0.496 e. The van der Waals surface area contributed by atoms with Gasteiger partial charge in [-0.15, -0.1) is 0 Å². The Kier molecular flexibility index (Phi) is 3.03. The van der Waals surface area contributed by atoms with Crippen molar-refractivity contribution in [3.8, 4) is 17.0 Å². The number of nitrogens with one attached hydrogen (secondary N) is 2. The summed E-state index contributed by atoms with van der Waals surface area (Å²) in [6.07, 6.45) is 1.80. The molecule has 0 fully saturated rings. The van der Waals surface area contributed by atoms with Crippen LogP contribution in [0.15, 0.2) is 18.3 Å². The first-order valence-electron chi connectivity index (χ1n) is 4.74. The summed E-state index contributed by atoms with van der Waals surface area (Å²) < 4.78 is 5.90. The monoisotopic (exact) mass is 254 g/mol. The molecule has 1 aromatic carbocycles. The molecule has 0 atom stereocenters. The molecule has 0 aliphatic carbocycles. The van der Waals surface area contributed by atoms with Crippen LogP contribution in [0.1, 0.15) is 5.56 Å². The quantitative estimate of drug-likeness (QED) is 0.802. The number of H-pyrrole nitrogens is 2. The predicted octanol–water partition coefficient (Wildman–Crippen LogP) is 3.71. The number of hydrogen-bond acceptors (Lipinski definition) is 2. The van der Waals surface area contributed by atoms with E-state index in [1.165, 1.54) is 0 Å². The highest BCUT2D eigenvalue weighted by molar-refractivity contribution is 7.71. The van der Waals surface area contributed by atoms with Crippen molar-refractivity contribution in [3.05, 3.63) is 33.7 Å². The lowest BCUT2D eigenvalue weighted by atomic mass is 10.1. The number of imidazole rings is 1. The first-order valence-corrected chi connectivity index (χ1v) is 5.52. The third kappa shape index (κ3) is 1.99. The molecule has 0 amide bonds. The van der Waals surface area contributed by atoms with Gasteiger partial charge in [-0.25, -0.2) is 0 Å². The van der Waals surface area contributed by atoms with Crippen molar-refractivity contribution in [2.45, 2.75) is 6.92 Å². The minimum Gasteiger partial charge on any atom is -0.496 e. The summed E-state index contributed by atoms with van der Waals surface area (Å²) in [5.41, 5.74) is 2.74. The van der Waals surface area contributed by atoms with Gasteiger partial charge in [0, 0.05) is 16.8 Å². The molecule has 0 bridgehead atoms. The molecule has 1 aromatic heterocycles. The van der Waals surface area contributed by atoms with E-state index in [9.17, 15) is 0 Å². The number of aryl methyl sites for hydroxylation is 1. The minimum absolute atomic E-state index is 0.578. The van der Waals surface area contributed by atoms with E-state index in [1.54, 1.807) is 13.3 Å². The summed E-state index contributed by atoms with van der Waals surface area (Å²) in [5.74, 6) is 0.771. The van der Waals surface area contributed by atoms with E-state index in [0.29, 0.717) is 9.79 Å². The molecular weight excluding hydrogens is 244 g/mol. The fourth-order valence-electron chi connectivity index (χ4n) is 1.51. The van der Waals surface area contributed by atoms with E-state index in [2.05, 4.69) is 9.97 Å². The standard InChI is InChI=1S/C11H11ClN2OS/c1-6-3-10(15-2)7(4-8(6)12)9-5-13-11(16)14-9/h3-5H,1-2H3,(H2,13,14,16). The van der Waals surface area contributed by atoms with E-state index >= 15 is 0 Å². The Hall–Kier alpha value is -1.26. The van der Waals surface area contributed by atoms with Crippen molar-refractivity contribution in [2.24, 2.45) is 0 Å². The van der Waals surface area contributed by atoms with Crippen LogP contribution in [0.25, 0.3) is 11.3 Å². The molecule has 16 heavy (non-hydrogen) atoms. The SMILES string of the molecule is COc1cc(C)c(Cl)cc1-c1c[nH]c(=S)[nH]1. The number of aromatic amines is 2. The van der Waals surface area contributed by atoms with Crippen molar-refractivity contribution >= 4 is 23.8 Å². The Labute approximate surface area is 103 Å². The van der Waals surface area contributed by atoms with Gasteiger partial charge in [-0.2, -0.15) is 0 Å². The summed E-state index contributed by atoms with van der Waals surface area (Å²) in [4.78, 5) is 5.95. The molecule has 3 nitrogen and oxygen atoms in total. The van der Waals surface area contributed by atoms with Crippen molar-refractivity contribution in [3.63, 3.8) is 0 Å². The zero-order chi connectivity index (χ0) is 11.7. The maximum absolute atomic E-state index is 6.09. The number of hydrogen-bond donors (Lipinski definition) is 2. The first kappa shape index (κ1) is 11.2. The molecule has 0 spiro atoms. The van der Waals surface area contributed by atoms with Crippen LogP contribution >= 0.6 is 23.8 Å². The van der Waals surface area contributed by atoms with E-state index < -0.39 is 0 Å². The molecule has 5 heteroatoms. The van der Waals surface area contributed by atoms with Crippen LogP contribution in [0, 0.1) is 11.7 Å². The number of ether oxygens (including phenoxy) is 1. The van der Waals surface area contributed by atoms with Crippen LogP contribution in [0.4, 0.5) is 0 Å². The molecule has 0 unspecified atom stereocenters. The summed E-state index contributed by atoms with van der Waals surface area (Å²) in [6, 6.07) is 3.77. The second-order valence-electron chi connectivity index (χ2n) is 3.46. The highest BCUT2D eigenvalue weighted by Gasteiger charge is 2.10. The highest BCUT2D eigenvalue weighted by Crippen LogP contribution is 2.33. The maximum atomic E-state index is 6.09. The summed E-state index contributed by atoms with van der Waals surface area (Å²) >= 11 is 11.1. The molecule has 0 saturated heterocycles. The first-order chi connectivity index (χ1) is 7.61. The Morgan fingerprint density at radius 3 is 2.69 bits per heavy atom. The molecule has 0 radical (unpaired) electrons. The fourth-order valence-corrected chi connectivity index (χ4v) is 1.84. The molecule has 0 aliphatic heterocycles. The van der Waals surface area contributed by atoms with Gasteiger partial charge in [0.15, 0.2) is 4.77 Å². The smallest absolute Gasteiger partial charge is 0.174 e. The van der Waals surface area contributed by atoms with Crippen molar-refractivity contribution in [2.75, 3.05) is 7.11 Å². The van der Waals surface area contributed by atoms with Gasteiger partial charge in [-0.05, 0) is 36.8 Å². The molecule has 0 aliphatic rings. The van der Waals surface area contributed by atoms with Crippen molar-refractivity contribution in [1.82, 2.24) is 9.97 Å². The molecule has 0 saturated carbocycles. The molecule has 84 valence electrons. The van der Waals surface area contributed by atoms with Gasteiger partial charge in [0.1, 0.15) is 5.75 Å². The minimum atomic E-state index is 0.578. The second kappa shape index (κ2) is 4.31.